The lowest BCUT2D eigenvalue weighted by Crippen LogP contribution is -2.45. The molecule has 0 unspecified atom stereocenters. The third kappa shape index (κ3) is 8.36. The van der Waals surface area contributed by atoms with Gasteiger partial charge in [0.25, 0.3) is 0 Å². The van der Waals surface area contributed by atoms with Crippen molar-refractivity contribution in [1.82, 2.24) is 14.8 Å². The fraction of sp³-hybridized carbons (Fsp3) is 0.737. The van der Waals surface area contributed by atoms with Crippen molar-refractivity contribution in [3.8, 4) is 0 Å². The molecule has 1 aliphatic heterocycles. The SMILES string of the molecule is CCCCCCC(=O)N(CCN1CCOCC1)CC(=O)Nc1nc(C)cs1. The first-order valence-corrected chi connectivity index (χ1v) is 10.8. The fourth-order valence-corrected chi connectivity index (χ4v) is 3.69. The number of aromatic nitrogens is 1. The molecule has 2 amide bonds. The average Bonchev–Trinajstić information content (AvgIpc) is 3.07. The number of unbranched alkanes of at least 4 members (excludes halogenated alkanes) is 3. The van der Waals surface area contributed by atoms with E-state index in [-0.39, 0.29) is 18.4 Å². The molecule has 0 aromatic carbocycles. The molecule has 1 fully saturated rings. The zero-order chi connectivity index (χ0) is 19.5. The number of thiazole rings is 1. The van der Waals surface area contributed by atoms with Crippen molar-refractivity contribution in [1.29, 1.82) is 0 Å². The summed E-state index contributed by atoms with van der Waals surface area (Å²) >= 11 is 1.40. The Hall–Kier alpha value is -1.51. The maximum Gasteiger partial charge on any atom is 0.245 e. The maximum absolute atomic E-state index is 12.7. The number of carbonyl (C=O) groups is 2. The summed E-state index contributed by atoms with van der Waals surface area (Å²) in [6, 6.07) is 0. The summed E-state index contributed by atoms with van der Waals surface area (Å²) in [7, 11) is 0. The van der Waals surface area contributed by atoms with E-state index < -0.39 is 0 Å². The number of nitrogens with zero attached hydrogens (tertiary/aromatic N) is 3. The Morgan fingerprint density at radius 2 is 2.07 bits per heavy atom. The van der Waals surface area contributed by atoms with Crippen LogP contribution >= 0.6 is 11.3 Å². The first-order valence-electron chi connectivity index (χ1n) is 9.88. The highest BCUT2D eigenvalue weighted by Crippen LogP contribution is 2.14. The molecule has 1 aromatic heterocycles. The standard InChI is InChI=1S/C19H32N4O3S/c1-3-4-5-6-7-18(25)23(9-8-22-10-12-26-13-11-22)14-17(24)21-19-20-16(2)15-27-19/h15H,3-14H2,1-2H3,(H,20,21,24). The first-order chi connectivity index (χ1) is 13.1. The van der Waals surface area contributed by atoms with Crippen LogP contribution in [-0.2, 0) is 14.3 Å². The second-order valence-electron chi connectivity index (χ2n) is 6.92. The van der Waals surface area contributed by atoms with Crippen LogP contribution in [0.1, 0.15) is 44.7 Å². The van der Waals surface area contributed by atoms with Gasteiger partial charge in [-0.2, -0.15) is 0 Å². The molecule has 1 N–H and O–H groups in total. The van der Waals surface area contributed by atoms with Crippen LogP contribution in [-0.4, -0.2) is 72.5 Å². The highest BCUT2D eigenvalue weighted by molar-refractivity contribution is 7.13. The van der Waals surface area contributed by atoms with Crippen molar-refractivity contribution < 1.29 is 14.3 Å². The number of amides is 2. The molecule has 1 aromatic rings. The van der Waals surface area contributed by atoms with Crippen LogP contribution in [0.3, 0.4) is 0 Å². The predicted octanol–water partition coefficient (Wildman–Crippen LogP) is 2.52. The third-order valence-corrected chi connectivity index (χ3v) is 5.46. The minimum absolute atomic E-state index is 0.0600. The summed E-state index contributed by atoms with van der Waals surface area (Å²) in [6.07, 6.45) is 4.74. The molecule has 7 nitrogen and oxygen atoms in total. The fourth-order valence-electron chi connectivity index (χ4n) is 2.98. The van der Waals surface area contributed by atoms with Crippen molar-refractivity contribution >= 4 is 28.3 Å². The Labute approximate surface area is 166 Å². The van der Waals surface area contributed by atoms with Gasteiger partial charge in [-0.25, -0.2) is 4.98 Å². The molecule has 1 saturated heterocycles. The zero-order valence-corrected chi connectivity index (χ0v) is 17.4. The second kappa shape index (κ2) is 12.0. The molecule has 0 saturated carbocycles. The zero-order valence-electron chi connectivity index (χ0n) is 16.5. The summed E-state index contributed by atoms with van der Waals surface area (Å²) < 4.78 is 5.37. The van der Waals surface area contributed by atoms with Crippen molar-refractivity contribution in [3.63, 3.8) is 0 Å². The first kappa shape index (κ1) is 21.8. The van der Waals surface area contributed by atoms with E-state index in [1.807, 2.05) is 12.3 Å². The number of anilines is 1. The van der Waals surface area contributed by atoms with Crippen LogP contribution in [0.2, 0.25) is 0 Å². The molecule has 0 spiro atoms. The van der Waals surface area contributed by atoms with Gasteiger partial charge < -0.3 is 15.0 Å². The number of rotatable bonds is 11. The Morgan fingerprint density at radius 3 is 2.74 bits per heavy atom. The van der Waals surface area contributed by atoms with E-state index in [1.165, 1.54) is 11.3 Å². The van der Waals surface area contributed by atoms with Gasteiger partial charge in [0.1, 0.15) is 0 Å². The Bertz CT molecular complexity index is 587. The van der Waals surface area contributed by atoms with Gasteiger partial charge in [-0.3, -0.25) is 14.5 Å². The summed E-state index contributed by atoms with van der Waals surface area (Å²) in [5, 5.41) is 5.28. The van der Waals surface area contributed by atoms with E-state index in [0.29, 0.717) is 18.1 Å². The number of hydrogen-bond donors (Lipinski definition) is 1. The topological polar surface area (TPSA) is 74.8 Å². The van der Waals surface area contributed by atoms with E-state index in [2.05, 4.69) is 22.1 Å². The molecule has 2 rings (SSSR count). The van der Waals surface area contributed by atoms with Crippen LogP contribution in [0, 0.1) is 6.92 Å². The number of morpholine rings is 1. The van der Waals surface area contributed by atoms with E-state index in [0.717, 1.165) is 64.2 Å². The molecule has 0 aliphatic carbocycles. The molecule has 8 heteroatoms. The molecular weight excluding hydrogens is 364 g/mol. The quantitative estimate of drug-likeness (QED) is 0.582. The summed E-state index contributed by atoms with van der Waals surface area (Å²) in [5.74, 6) is -0.127. The van der Waals surface area contributed by atoms with Crippen LogP contribution < -0.4 is 5.32 Å². The largest absolute Gasteiger partial charge is 0.379 e. The highest BCUT2D eigenvalue weighted by atomic mass is 32.1. The van der Waals surface area contributed by atoms with Gasteiger partial charge in [-0.15, -0.1) is 11.3 Å². The smallest absolute Gasteiger partial charge is 0.245 e. The van der Waals surface area contributed by atoms with Gasteiger partial charge in [0, 0.05) is 38.0 Å². The van der Waals surface area contributed by atoms with E-state index in [4.69, 9.17) is 4.74 Å². The molecule has 0 radical (unpaired) electrons. The van der Waals surface area contributed by atoms with Crippen LogP contribution in [0.4, 0.5) is 5.13 Å². The maximum atomic E-state index is 12.7. The van der Waals surface area contributed by atoms with Crippen molar-refractivity contribution in [2.45, 2.75) is 46.0 Å². The van der Waals surface area contributed by atoms with Gasteiger partial charge in [-0.1, -0.05) is 26.2 Å². The van der Waals surface area contributed by atoms with Crippen molar-refractivity contribution in [2.75, 3.05) is 51.3 Å². The van der Waals surface area contributed by atoms with Gasteiger partial charge >= 0.3 is 0 Å². The van der Waals surface area contributed by atoms with Gasteiger partial charge in [0.05, 0.1) is 25.5 Å². The van der Waals surface area contributed by atoms with E-state index in [1.54, 1.807) is 4.90 Å². The number of carbonyl (C=O) groups excluding carboxylic acids is 2. The van der Waals surface area contributed by atoms with Gasteiger partial charge in [0.2, 0.25) is 11.8 Å². The normalized spacial score (nSPS) is 14.9. The monoisotopic (exact) mass is 396 g/mol. The Balaban J connectivity index is 1.86. The second-order valence-corrected chi connectivity index (χ2v) is 7.78. The van der Waals surface area contributed by atoms with Crippen LogP contribution in [0.5, 0.6) is 0 Å². The lowest BCUT2D eigenvalue weighted by atomic mass is 10.1. The Kier molecular flexibility index (Phi) is 9.72. The lowest BCUT2D eigenvalue weighted by Gasteiger charge is -2.30. The van der Waals surface area contributed by atoms with Gasteiger partial charge in [0.15, 0.2) is 5.13 Å². The van der Waals surface area contributed by atoms with E-state index in [9.17, 15) is 9.59 Å². The molecule has 152 valence electrons. The van der Waals surface area contributed by atoms with Crippen LogP contribution in [0.15, 0.2) is 5.38 Å². The summed E-state index contributed by atoms with van der Waals surface area (Å²) in [4.78, 5) is 33.3. The number of ether oxygens (including phenoxy) is 1. The molecular formula is C19H32N4O3S. The Morgan fingerprint density at radius 1 is 1.30 bits per heavy atom. The highest BCUT2D eigenvalue weighted by Gasteiger charge is 2.19. The molecule has 0 atom stereocenters. The van der Waals surface area contributed by atoms with Gasteiger partial charge in [-0.05, 0) is 13.3 Å². The number of nitrogens with one attached hydrogen (secondary N) is 1. The number of hydrogen-bond acceptors (Lipinski definition) is 6. The van der Waals surface area contributed by atoms with Crippen molar-refractivity contribution in [2.24, 2.45) is 0 Å². The molecule has 2 heterocycles. The predicted molar refractivity (Wildman–Crippen MR) is 108 cm³/mol. The minimum Gasteiger partial charge on any atom is -0.379 e. The summed E-state index contributed by atoms with van der Waals surface area (Å²) in [6.45, 7) is 8.68. The number of aryl methyl sites for hydroxylation is 1. The molecule has 0 bridgehead atoms. The summed E-state index contributed by atoms with van der Waals surface area (Å²) in [5.41, 5.74) is 0.881. The van der Waals surface area contributed by atoms with E-state index >= 15 is 0 Å². The third-order valence-electron chi connectivity index (χ3n) is 4.59. The lowest BCUT2D eigenvalue weighted by molar-refractivity contribution is -0.135. The average molecular weight is 397 g/mol. The van der Waals surface area contributed by atoms with Crippen molar-refractivity contribution in [3.05, 3.63) is 11.1 Å². The van der Waals surface area contributed by atoms with Crippen LogP contribution in [0.25, 0.3) is 0 Å². The minimum atomic E-state index is -0.187. The molecule has 1 aliphatic rings. The molecule has 27 heavy (non-hydrogen) atoms.